The summed E-state index contributed by atoms with van der Waals surface area (Å²) in [5.41, 5.74) is 2.09. The monoisotopic (exact) mass is 263 g/mol. The Balaban J connectivity index is 1.80. The molecule has 1 aromatic rings. The van der Waals surface area contributed by atoms with Gasteiger partial charge in [0.15, 0.2) is 0 Å². The first-order chi connectivity index (χ1) is 9.06. The minimum Gasteiger partial charge on any atom is -0.480 e. The maximum Gasteiger partial charge on any atom is 0.321 e. The smallest absolute Gasteiger partial charge is 0.321 e. The summed E-state index contributed by atoms with van der Waals surface area (Å²) < 4.78 is 1.86. The van der Waals surface area contributed by atoms with Crippen molar-refractivity contribution in [2.45, 2.75) is 38.8 Å². The number of hydrogen-bond acceptors (Lipinski definition) is 3. The third-order valence-corrected chi connectivity index (χ3v) is 4.70. The Bertz CT molecular complexity index is 497. The summed E-state index contributed by atoms with van der Waals surface area (Å²) >= 11 is 0. The fraction of sp³-hybridized carbons (Fsp3) is 0.714. The summed E-state index contributed by atoms with van der Waals surface area (Å²) in [6.07, 6.45) is 3.45. The Morgan fingerprint density at radius 1 is 1.53 bits per heavy atom. The minimum atomic E-state index is -0.659. The molecule has 1 aliphatic carbocycles. The number of fused-ring (bicyclic) bond motifs is 1. The lowest BCUT2D eigenvalue weighted by atomic mass is 9.94. The van der Waals surface area contributed by atoms with Crippen LogP contribution in [0, 0.1) is 18.8 Å². The van der Waals surface area contributed by atoms with E-state index in [2.05, 4.69) is 10.00 Å². The molecule has 2 heterocycles. The van der Waals surface area contributed by atoms with E-state index in [4.69, 9.17) is 0 Å². The van der Waals surface area contributed by atoms with Crippen LogP contribution in [0.3, 0.4) is 0 Å². The average molecular weight is 263 g/mol. The molecule has 5 heteroatoms. The van der Waals surface area contributed by atoms with Gasteiger partial charge in [-0.3, -0.25) is 14.4 Å². The van der Waals surface area contributed by atoms with Gasteiger partial charge >= 0.3 is 5.97 Å². The van der Waals surface area contributed by atoms with Gasteiger partial charge in [0.1, 0.15) is 6.04 Å². The van der Waals surface area contributed by atoms with Gasteiger partial charge in [-0.25, -0.2) is 0 Å². The molecule has 1 aromatic heterocycles. The molecule has 0 amide bonds. The van der Waals surface area contributed by atoms with Gasteiger partial charge in [0.05, 0.1) is 11.4 Å². The van der Waals surface area contributed by atoms with E-state index in [9.17, 15) is 9.90 Å². The molecule has 5 nitrogen and oxygen atoms in total. The fourth-order valence-electron chi connectivity index (χ4n) is 3.92. The predicted octanol–water partition coefficient (Wildman–Crippen LogP) is 1.41. The SMILES string of the molecule is Cc1cc(CN2CC3CCCC3C2C(=O)O)n(C)n1. The normalized spacial score (nSPS) is 30.7. The summed E-state index contributed by atoms with van der Waals surface area (Å²) in [4.78, 5) is 13.7. The van der Waals surface area contributed by atoms with Crippen LogP contribution in [-0.2, 0) is 18.4 Å². The first kappa shape index (κ1) is 12.7. The summed E-state index contributed by atoms with van der Waals surface area (Å²) in [6, 6.07) is 1.75. The summed E-state index contributed by atoms with van der Waals surface area (Å²) in [7, 11) is 1.93. The number of likely N-dealkylation sites (tertiary alicyclic amines) is 1. The van der Waals surface area contributed by atoms with Gasteiger partial charge < -0.3 is 5.11 Å². The number of aryl methyl sites for hydroxylation is 2. The van der Waals surface area contributed by atoms with Gasteiger partial charge in [0, 0.05) is 20.1 Å². The molecule has 3 rings (SSSR count). The molecule has 3 atom stereocenters. The third-order valence-electron chi connectivity index (χ3n) is 4.70. The molecule has 2 fully saturated rings. The third kappa shape index (κ3) is 2.16. The summed E-state index contributed by atoms with van der Waals surface area (Å²) in [5.74, 6) is 0.274. The van der Waals surface area contributed by atoms with Crippen LogP contribution in [0.2, 0.25) is 0 Å². The topological polar surface area (TPSA) is 58.4 Å². The molecular weight excluding hydrogens is 242 g/mol. The van der Waals surface area contributed by atoms with Gasteiger partial charge in [-0.05, 0) is 37.7 Å². The van der Waals surface area contributed by atoms with Gasteiger partial charge in [0.25, 0.3) is 0 Å². The van der Waals surface area contributed by atoms with Gasteiger partial charge in [0.2, 0.25) is 0 Å². The standard InChI is InChI=1S/C14H21N3O2/c1-9-6-11(16(2)15-9)8-17-7-10-4-3-5-12(10)13(17)14(18)19/h6,10,12-13H,3-5,7-8H2,1-2H3,(H,18,19). The summed E-state index contributed by atoms with van der Waals surface area (Å²) in [6.45, 7) is 3.59. The molecule has 1 aliphatic heterocycles. The van der Waals surface area contributed by atoms with Crippen molar-refractivity contribution in [2.75, 3.05) is 6.54 Å². The summed E-state index contributed by atoms with van der Waals surface area (Å²) in [5, 5.41) is 13.9. The van der Waals surface area contributed by atoms with Gasteiger partial charge in [-0.15, -0.1) is 0 Å². The van der Waals surface area contributed by atoms with E-state index >= 15 is 0 Å². The molecule has 1 saturated heterocycles. The quantitative estimate of drug-likeness (QED) is 0.896. The highest BCUT2D eigenvalue weighted by Crippen LogP contribution is 2.42. The Hall–Kier alpha value is -1.36. The molecular formula is C14H21N3O2. The highest BCUT2D eigenvalue weighted by molar-refractivity contribution is 5.74. The van der Waals surface area contributed by atoms with Crippen LogP contribution in [0.15, 0.2) is 6.07 Å². The number of aromatic nitrogens is 2. The number of rotatable bonds is 3. The van der Waals surface area contributed by atoms with Crippen LogP contribution >= 0.6 is 0 Å². The number of nitrogens with zero attached hydrogens (tertiary/aromatic N) is 3. The van der Waals surface area contributed by atoms with Crippen LogP contribution in [0.5, 0.6) is 0 Å². The predicted molar refractivity (Wildman–Crippen MR) is 70.6 cm³/mol. The number of carboxylic acids is 1. The van der Waals surface area contributed by atoms with Crippen molar-refractivity contribution >= 4 is 5.97 Å². The zero-order valence-electron chi connectivity index (χ0n) is 11.5. The second-order valence-corrected chi connectivity index (χ2v) is 5.97. The van der Waals surface area contributed by atoms with E-state index in [1.165, 1.54) is 12.8 Å². The maximum atomic E-state index is 11.6. The fourth-order valence-corrected chi connectivity index (χ4v) is 3.92. The molecule has 0 spiro atoms. The molecule has 0 bridgehead atoms. The van der Waals surface area contributed by atoms with E-state index in [0.717, 1.165) is 24.4 Å². The highest BCUT2D eigenvalue weighted by Gasteiger charge is 2.47. The number of carboxylic acid groups (broad SMARTS) is 1. The first-order valence-corrected chi connectivity index (χ1v) is 7.02. The Morgan fingerprint density at radius 3 is 2.95 bits per heavy atom. The van der Waals surface area contributed by atoms with E-state index in [1.54, 1.807) is 0 Å². The first-order valence-electron chi connectivity index (χ1n) is 7.02. The molecule has 2 aliphatic rings. The van der Waals surface area contributed by atoms with Crippen molar-refractivity contribution in [3.05, 3.63) is 17.5 Å². The lowest BCUT2D eigenvalue weighted by Crippen LogP contribution is -2.39. The lowest BCUT2D eigenvalue weighted by Gasteiger charge is -2.23. The van der Waals surface area contributed by atoms with E-state index in [1.807, 2.05) is 24.7 Å². The minimum absolute atomic E-state index is 0.303. The zero-order valence-corrected chi connectivity index (χ0v) is 11.5. The number of hydrogen-bond donors (Lipinski definition) is 1. The Morgan fingerprint density at radius 2 is 2.32 bits per heavy atom. The van der Waals surface area contributed by atoms with Crippen molar-refractivity contribution in [1.29, 1.82) is 0 Å². The van der Waals surface area contributed by atoms with E-state index in [-0.39, 0.29) is 6.04 Å². The Labute approximate surface area is 113 Å². The van der Waals surface area contributed by atoms with Crippen molar-refractivity contribution in [3.8, 4) is 0 Å². The van der Waals surface area contributed by atoms with Crippen molar-refractivity contribution in [1.82, 2.24) is 14.7 Å². The van der Waals surface area contributed by atoms with E-state index < -0.39 is 5.97 Å². The second kappa shape index (κ2) is 4.63. The van der Waals surface area contributed by atoms with Crippen LogP contribution in [0.25, 0.3) is 0 Å². The average Bonchev–Trinajstić information content (AvgIpc) is 2.93. The molecule has 104 valence electrons. The highest BCUT2D eigenvalue weighted by atomic mass is 16.4. The molecule has 19 heavy (non-hydrogen) atoms. The molecule has 0 aromatic carbocycles. The molecule has 1 saturated carbocycles. The van der Waals surface area contributed by atoms with Crippen molar-refractivity contribution in [2.24, 2.45) is 18.9 Å². The van der Waals surface area contributed by atoms with E-state index in [0.29, 0.717) is 18.4 Å². The number of carbonyl (C=O) groups is 1. The number of aliphatic carboxylic acids is 1. The lowest BCUT2D eigenvalue weighted by molar-refractivity contribution is -0.143. The Kier molecular flexibility index (Phi) is 3.09. The van der Waals surface area contributed by atoms with Gasteiger partial charge in [-0.2, -0.15) is 5.10 Å². The van der Waals surface area contributed by atoms with Crippen molar-refractivity contribution in [3.63, 3.8) is 0 Å². The van der Waals surface area contributed by atoms with Crippen molar-refractivity contribution < 1.29 is 9.90 Å². The van der Waals surface area contributed by atoms with Gasteiger partial charge in [-0.1, -0.05) is 6.42 Å². The molecule has 1 N–H and O–H groups in total. The maximum absolute atomic E-state index is 11.6. The molecule has 0 radical (unpaired) electrons. The van der Waals surface area contributed by atoms with Crippen LogP contribution < -0.4 is 0 Å². The zero-order chi connectivity index (χ0) is 13.6. The second-order valence-electron chi connectivity index (χ2n) is 5.97. The largest absolute Gasteiger partial charge is 0.480 e. The van der Waals surface area contributed by atoms with Crippen LogP contribution in [-0.4, -0.2) is 38.3 Å². The van der Waals surface area contributed by atoms with Crippen LogP contribution in [0.4, 0.5) is 0 Å². The van der Waals surface area contributed by atoms with Crippen LogP contribution in [0.1, 0.15) is 30.7 Å². The molecule has 3 unspecified atom stereocenters.